The zero-order chi connectivity index (χ0) is 12.4. The average molecular weight is 238 g/mol. The molecule has 0 radical (unpaired) electrons. The van der Waals surface area contributed by atoms with Crippen molar-refractivity contribution in [1.82, 2.24) is 9.88 Å². The number of likely N-dealkylation sites (tertiary alicyclic amines) is 1. The monoisotopic (exact) mass is 238 g/mol. The van der Waals surface area contributed by atoms with Gasteiger partial charge in [0, 0.05) is 6.54 Å². The number of hydrogen-bond acceptors (Lipinski definition) is 3. The molecular formula is C11H11FN2O3. The second-order valence-corrected chi connectivity index (χ2v) is 3.86. The molecule has 90 valence electrons. The molecule has 17 heavy (non-hydrogen) atoms. The third-order valence-corrected chi connectivity index (χ3v) is 2.75. The van der Waals surface area contributed by atoms with Gasteiger partial charge in [-0.1, -0.05) is 0 Å². The Labute approximate surface area is 96.9 Å². The number of carbonyl (C=O) groups is 2. The minimum atomic E-state index is -1.02. The van der Waals surface area contributed by atoms with Crippen molar-refractivity contribution >= 4 is 11.9 Å². The zero-order valence-corrected chi connectivity index (χ0v) is 8.97. The minimum Gasteiger partial charge on any atom is -0.480 e. The Balaban J connectivity index is 2.19. The van der Waals surface area contributed by atoms with Crippen LogP contribution < -0.4 is 0 Å². The van der Waals surface area contributed by atoms with E-state index in [0.717, 1.165) is 12.3 Å². The molecule has 1 amide bonds. The first-order chi connectivity index (χ1) is 8.09. The maximum Gasteiger partial charge on any atom is 0.326 e. The number of carboxylic acid groups (broad SMARTS) is 1. The Kier molecular flexibility index (Phi) is 3.03. The predicted octanol–water partition coefficient (Wildman–Crippen LogP) is 0.910. The van der Waals surface area contributed by atoms with Crippen molar-refractivity contribution in [1.29, 1.82) is 0 Å². The van der Waals surface area contributed by atoms with Crippen LogP contribution in [-0.2, 0) is 4.79 Å². The summed E-state index contributed by atoms with van der Waals surface area (Å²) in [6, 6.07) is 1.59. The van der Waals surface area contributed by atoms with Gasteiger partial charge in [0.15, 0.2) is 0 Å². The fourth-order valence-electron chi connectivity index (χ4n) is 1.92. The van der Waals surface area contributed by atoms with Gasteiger partial charge in [-0.25, -0.2) is 14.2 Å². The summed E-state index contributed by atoms with van der Waals surface area (Å²) in [6.45, 7) is 0.398. The van der Waals surface area contributed by atoms with Crippen LogP contribution in [0.15, 0.2) is 18.3 Å². The quantitative estimate of drug-likeness (QED) is 0.831. The molecule has 0 saturated carbocycles. The third kappa shape index (κ3) is 2.25. The van der Waals surface area contributed by atoms with E-state index in [1.54, 1.807) is 0 Å². The van der Waals surface area contributed by atoms with Gasteiger partial charge in [0.2, 0.25) is 0 Å². The van der Waals surface area contributed by atoms with Gasteiger partial charge in [0.05, 0.1) is 6.20 Å². The standard InChI is InChI=1S/C11H11FN2O3/c12-7-3-4-8(13-6-7)10(15)14-5-1-2-9(14)11(16)17/h3-4,6,9H,1-2,5H2,(H,16,17)/t9-/m0/s1. The Hall–Kier alpha value is -1.98. The number of pyridine rings is 1. The molecule has 1 aromatic rings. The first-order valence-corrected chi connectivity index (χ1v) is 5.25. The van der Waals surface area contributed by atoms with Crippen LogP contribution in [-0.4, -0.2) is 39.5 Å². The predicted molar refractivity (Wildman–Crippen MR) is 55.9 cm³/mol. The van der Waals surface area contributed by atoms with Gasteiger partial charge < -0.3 is 10.0 Å². The highest BCUT2D eigenvalue weighted by molar-refractivity contribution is 5.95. The van der Waals surface area contributed by atoms with Crippen LogP contribution in [0, 0.1) is 5.82 Å². The van der Waals surface area contributed by atoms with E-state index in [2.05, 4.69) is 4.98 Å². The Morgan fingerprint density at radius 1 is 1.47 bits per heavy atom. The average Bonchev–Trinajstić information content (AvgIpc) is 2.78. The summed E-state index contributed by atoms with van der Waals surface area (Å²) in [4.78, 5) is 27.8. The highest BCUT2D eigenvalue weighted by Crippen LogP contribution is 2.19. The van der Waals surface area contributed by atoms with Crippen LogP contribution in [0.5, 0.6) is 0 Å². The van der Waals surface area contributed by atoms with Crippen molar-refractivity contribution in [2.45, 2.75) is 18.9 Å². The second-order valence-electron chi connectivity index (χ2n) is 3.86. The number of aliphatic carboxylic acids is 1. The molecule has 6 heteroatoms. The molecule has 1 atom stereocenters. The van der Waals surface area contributed by atoms with E-state index in [0.29, 0.717) is 19.4 Å². The van der Waals surface area contributed by atoms with Gasteiger partial charge in [-0.2, -0.15) is 0 Å². The highest BCUT2D eigenvalue weighted by Gasteiger charge is 2.34. The summed E-state index contributed by atoms with van der Waals surface area (Å²) < 4.78 is 12.7. The van der Waals surface area contributed by atoms with Crippen LogP contribution in [0.3, 0.4) is 0 Å². The van der Waals surface area contributed by atoms with Gasteiger partial charge in [-0.15, -0.1) is 0 Å². The van der Waals surface area contributed by atoms with E-state index in [1.165, 1.54) is 11.0 Å². The molecule has 1 N–H and O–H groups in total. The summed E-state index contributed by atoms with van der Waals surface area (Å²) in [5.74, 6) is -2.01. The van der Waals surface area contributed by atoms with Crippen LogP contribution in [0.2, 0.25) is 0 Å². The molecule has 1 fully saturated rings. The van der Waals surface area contributed by atoms with E-state index >= 15 is 0 Å². The van der Waals surface area contributed by atoms with Gasteiger partial charge >= 0.3 is 5.97 Å². The summed E-state index contributed by atoms with van der Waals surface area (Å²) >= 11 is 0. The second kappa shape index (κ2) is 4.48. The number of amides is 1. The maximum atomic E-state index is 12.7. The summed E-state index contributed by atoms with van der Waals surface area (Å²) in [5.41, 5.74) is 0.0690. The van der Waals surface area contributed by atoms with E-state index in [4.69, 9.17) is 5.11 Å². The largest absolute Gasteiger partial charge is 0.480 e. The summed E-state index contributed by atoms with van der Waals surface area (Å²) in [7, 11) is 0. The Morgan fingerprint density at radius 2 is 2.24 bits per heavy atom. The van der Waals surface area contributed by atoms with Crippen LogP contribution >= 0.6 is 0 Å². The molecule has 1 aliphatic heterocycles. The van der Waals surface area contributed by atoms with E-state index < -0.39 is 23.7 Å². The van der Waals surface area contributed by atoms with Crippen LogP contribution in [0.25, 0.3) is 0 Å². The number of carbonyl (C=O) groups excluding carboxylic acids is 1. The first-order valence-electron chi connectivity index (χ1n) is 5.25. The number of nitrogens with zero attached hydrogens (tertiary/aromatic N) is 2. The summed E-state index contributed by atoms with van der Waals surface area (Å²) in [6.07, 6.45) is 2.05. The number of hydrogen-bond donors (Lipinski definition) is 1. The number of carboxylic acids is 1. The molecule has 0 aromatic carbocycles. The van der Waals surface area contributed by atoms with Crippen molar-refractivity contribution in [2.24, 2.45) is 0 Å². The Bertz CT molecular complexity index is 447. The molecule has 1 aromatic heterocycles. The molecule has 2 heterocycles. The van der Waals surface area contributed by atoms with E-state index in [9.17, 15) is 14.0 Å². The van der Waals surface area contributed by atoms with E-state index in [-0.39, 0.29) is 5.69 Å². The van der Waals surface area contributed by atoms with Crippen molar-refractivity contribution in [3.8, 4) is 0 Å². The summed E-state index contributed by atoms with van der Waals surface area (Å²) in [5, 5.41) is 8.95. The first kappa shape index (κ1) is 11.5. The number of halogens is 1. The smallest absolute Gasteiger partial charge is 0.326 e. The molecule has 1 saturated heterocycles. The van der Waals surface area contributed by atoms with Crippen LogP contribution in [0.4, 0.5) is 4.39 Å². The number of rotatable bonds is 2. The molecule has 0 unspecified atom stereocenters. The fourth-order valence-corrected chi connectivity index (χ4v) is 1.92. The van der Waals surface area contributed by atoms with E-state index in [1.807, 2.05) is 0 Å². The minimum absolute atomic E-state index is 0.0690. The van der Waals surface area contributed by atoms with Gasteiger partial charge in [-0.05, 0) is 25.0 Å². The third-order valence-electron chi connectivity index (χ3n) is 2.75. The van der Waals surface area contributed by atoms with Crippen LogP contribution in [0.1, 0.15) is 23.3 Å². The van der Waals surface area contributed by atoms with Gasteiger partial charge in [0.25, 0.3) is 5.91 Å². The van der Waals surface area contributed by atoms with Gasteiger partial charge in [-0.3, -0.25) is 4.79 Å². The SMILES string of the molecule is O=C(O)[C@@H]1CCCN1C(=O)c1ccc(F)cn1. The molecule has 0 bridgehead atoms. The lowest BCUT2D eigenvalue weighted by Gasteiger charge is -2.20. The highest BCUT2D eigenvalue weighted by atomic mass is 19.1. The molecule has 2 rings (SSSR count). The lowest BCUT2D eigenvalue weighted by atomic mass is 10.2. The zero-order valence-electron chi connectivity index (χ0n) is 8.97. The lowest BCUT2D eigenvalue weighted by Crippen LogP contribution is -2.40. The van der Waals surface area contributed by atoms with Crippen molar-refractivity contribution in [3.63, 3.8) is 0 Å². The van der Waals surface area contributed by atoms with Crippen molar-refractivity contribution < 1.29 is 19.1 Å². The molecule has 1 aliphatic rings. The van der Waals surface area contributed by atoms with Gasteiger partial charge in [0.1, 0.15) is 17.6 Å². The molecule has 5 nitrogen and oxygen atoms in total. The lowest BCUT2D eigenvalue weighted by molar-refractivity contribution is -0.141. The molecular weight excluding hydrogens is 227 g/mol. The molecule has 0 spiro atoms. The fraction of sp³-hybridized carbons (Fsp3) is 0.364. The number of aromatic nitrogens is 1. The maximum absolute atomic E-state index is 12.7. The normalized spacial score (nSPS) is 19.4. The van der Waals surface area contributed by atoms with Crippen molar-refractivity contribution in [2.75, 3.05) is 6.54 Å². The molecule has 0 aliphatic carbocycles. The van der Waals surface area contributed by atoms with Crippen molar-refractivity contribution in [3.05, 3.63) is 29.8 Å². The topological polar surface area (TPSA) is 70.5 Å². The Morgan fingerprint density at radius 3 is 2.82 bits per heavy atom.